The fraction of sp³-hybridized carbons (Fsp3) is 0.615. The van der Waals surface area contributed by atoms with Gasteiger partial charge in [-0.3, -0.25) is 28.8 Å². The Morgan fingerprint density at radius 2 is 1.58 bits per heavy atom. The highest BCUT2D eigenvalue weighted by atomic mass is 19.1. The minimum atomic E-state index is -1.55. The predicted octanol–water partition coefficient (Wildman–Crippen LogP) is 1.36. The molecule has 2 bridgehead atoms. The second-order valence-corrected chi connectivity index (χ2v) is 15.7. The summed E-state index contributed by atoms with van der Waals surface area (Å²) in [6.07, 6.45) is 8.67. The molecule has 5 fully saturated rings. The van der Waals surface area contributed by atoms with Gasteiger partial charge in [-0.1, -0.05) is 12.5 Å². The number of allylic oxidation sites excluding steroid dienone is 1. The summed E-state index contributed by atoms with van der Waals surface area (Å²) < 4.78 is 34.1. The van der Waals surface area contributed by atoms with E-state index in [0.29, 0.717) is 30.7 Å². The number of nitrogens with zero attached hydrogens (tertiary/aromatic N) is 3. The summed E-state index contributed by atoms with van der Waals surface area (Å²) >= 11 is 0. The van der Waals surface area contributed by atoms with E-state index in [9.17, 15) is 42.3 Å². The van der Waals surface area contributed by atoms with Crippen LogP contribution in [0.1, 0.15) is 70.8 Å². The second kappa shape index (κ2) is 16.9. The number of esters is 1. The highest BCUT2D eigenvalue weighted by Gasteiger charge is 2.44. The number of rotatable bonds is 7. The average molecular weight is 769 g/mol. The lowest BCUT2D eigenvalue weighted by molar-refractivity contribution is -0.158. The van der Waals surface area contributed by atoms with Gasteiger partial charge in [-0.2, -0.15) is 0 Å². The predicted molar refractivity (Wildman–Crippen MR) is 192 cm³/mol. The monoisotopic (exact) mass is 768 g/mol. The largest absolute Gasteiger partial charge is 0.461 e. The first-order chi connectivity index (χ1) is 26.2. The lowest BCUT2D eigenvalue weighted by Crippen LogP contribution is -2.60. The van der Waals surface area contributed by atoms with E-state index in [-0.39, 0.29) is 43.8 Å². The molecule has 1 aromatic carbocycles. The van der Waals surface area contributed by atoms with Crippen molar-refractivity contribution in [1.82, 2.24) is 30.7 Å². The van der Waals surface area contributed by atoms with Gasteiger partial charge in [0.25, 0.3) is 0 Å². The quantitative estimate of drug-likeness (QED) is 0.276. The van der Waals surface area contributed by atoms with Crippen LogP contribution in [0.3, 0.4) is 0 Å². The van der Waals surface area contributed by atoms with E-state index in [2.05, 4.69) is 16.0 Å². The minimum absolute atomic E-state index is 0.0670. The fourth-order valence-corrected chi connectivity index (χ4v) is 8.85. The van der Waals surface area contributed by atoms with Crippen molar-refractivity contribution in [3.8, 4) is 0 Å². The molecule has 0 spiro atoms. The van der Waals surface area contributed by atoms with Gasteiger partial charge in [0.2, 0.25) is 35.4 Å². The molecule has 2 aliphatic carbocycles. The number of hydrogen-bond donors (Lipinski definition) is 3. The Kier molecular flexibility index (Phi) is 12.2. The molecule has 16 heteroatoms. The summed E-state index contributed by atoms with van der Waals surface area (Å²) in [5.74, 6) is -5.13. The number of halogens is 2. The molecule has 3 aliphatic heterocycles. The zero-order valence-electron chi connectivity index (χ0n) is 31.4. The summed E-state index contributed by atoms with van der Waals surface area (Å²) in [6.45, 7) is 2.67. The molecule has 6 amide bonds. The van der Waals surface area contributed by atoms with Gasteiger partial charge in [-0.15, -0.1) is 0 Å². The Balaban J connectivity index is 1.27. The highest BCUT2D eigenvalue weighted by Crippen LogP contribution is 2.48. The number of cyclic esters (lactones) is 1. The zero-order chi connectivity index (χ0) is 39.6. The topological polar surface area (TPSA) is 175 Å². The van der Waals surface area contributed by atoms with Gasteiger partial charge in [0.1, 0.15) is 54.5 Å². The van der Waals surface area contributed by atoms with Crippen LogP contribution in [0.4, 0.5) is 8.78 Å². The van der Waals surface area contributed by atoms with Crippen LogP contribution in [0, 0.1) is 29.4 Å². The van der Waals surface area contributed by atoms with E-state index in [0.717, 1.165) is 31.4 Å². The van der Waals surface area contributed by atoms with Crippen LogP contribution in [0.2, 0.25) is 0 Å². The third-order valence-corrected chi connectivity index (χ3v) is 12.0. The summed E-state index contributed by atoms with van der Waals surface area (Å²) in [7, 11) is 1.43. The SMILES string of the molecule is C[C@@H]1NC(=O)[C@H](C)N(C)C(=O)[C@@H]2CCCN2C(=O)[C@@H](NC(=O)[C@H](Cc2cc(F)cc(F)c2)NC(=O)C=CC2CC3CCC2C3)COC(=O)[C@@H]2CCCN2C1=O. The molecule has 1 aromatic rings. The molecule has 0 aromatic heterocycles. The number of ether oxygens (including phenoxy) is 1. The molecule has 3 saturated heterocycles. The number of fused-ring (bicyclic) bond motifs is 4. The summed E-state index contributed by atoms with van der Waals surface area (Å²) in [5.41, 5.74) is 0.0670. The lowest BCUT2D eigenvalue weighted by Gasteiger charge is -2.34. The minimum Gasteiger partial charge on any atom is -0.461 e. The molecule has 55 heavy (non-hydrogen) atoms. The molecular formula is C39H50F2N6O8. The third kappa shape index (κ3) is 8.99. The molecule has 0 radical (unpaired) electrons. The molecule has 5 aliphatic rings. The van der Waals surface area contributed by atoms with Crippen LogP contribution in [0.15, 0.2) is 30.4 Å². The normalized spacial score (nSPS) is 31.0. The van der Waals surface area contributed by atoms with E-state index in [1.165, 1.54) is 48.1 Å². The fourth-order valence-electron chi connectivity index (χ4n) is 8.85. The van der Waals surface area contributed by atoms with Gasteiger partial charge in [0.15, 0.2) is 0 Å². The molecule has 9 atom stereocenters. The molecule has 2 saturated carbocycles. The van der Waals surface area contributed by atoms with Crippen molar-refractivity contribution in [2.24, 2.45) is 17.8 Å². The van der Waals surface area contributed by atoms with E-state index < -0.39 is 95.9 Å². The first kappa shape index (κ1) is 39.8. The third-order valence-electron chi connectivity index (χ3n) is 12.0. The number of amides is 6. The standard InChI is InChI=1S/C39H50F2N6O8/c1-21-36(51)47-13-5-7-32(47)39(54)55-20-30(37(52)46-12-4-6-31(46)38(53)45(3)22(2)34(49)42-21)44-35(50)29(18-24-16-27(40)19-28(41)17-24)43-33(48)11-10-26-15-23-8-9-25(26)14-23/h10-11,16-17,19,21-23,25-26,29-32H,4-9,12-15,18,20H2,1-3H3,(H,42,49)(H,43,48)(H,44,50)/t21-,22-,23?,25?,26?,29-,30-,31-,32-/m0/s1. The van der Waals surface area contributed by atoms with Gasteiger partial charge in [0, 0.05) is 32.6 Å². The number of carbonyl (C=O) groups is 7. The molecule has 14 nitrogen and oxygen atoms in total. The molecule has 3 unspecified atom stereocenters. The van der Waals surface area contributed by atoms with Crippen LogP contribution in [0.5, 0.6) is 0 Å². The zero-order valence-corrected chi connectivity index (χ0v) is 31.4. The summed E-state index contributed by atoms with van der Waals surface area (Å²) in [4.78, 5) is 99.3. The van der Waals surface area contributed by atoms with Gasteiger partial charge < -0.3 is 35.4 Å². The van der Waals surface area contributed by atoms with E-state index in [1.807, 2.05) is 6.08 Å². The van der Waals surface area contributed by atoms with E-state index in [1.54, 1.807) is 0 Å². The van der Waals surface area contributed by atoms with E-state index in [4.69, 9.17) is 4.74 Å². The molecule has 3 N–H and O–H groups in total. The van der Waals surface area contributed by atoms with Crippen molar-refractivity contribution in [2.75, 3.05) is 26.7 Å². The van der Waals surface area contributed by atoms with Crippen LogP contribution in [-0.4, -0.2) is 119 Å². The first-order valence-corrected chi connectivity index (χ1v) is 19.3. The Morgan fingerprint density at radius 1 is 0.909 bits per heavy atom. The Hall–Kier alpha value is -4.89. The Morgan fingerprint density at radius 3 is 2.24 bits per heavy atom. The molecule has 298 valence electrons. The first-order valence-electron chi connectivity index (χ1n) is 19.3. The maximum absolute atomic E-state index is 14.3. The van der Waals surface area contributed by atoms with Gasteiger partial charge in [-0.05, 0) is 100 Å². The van der Waals surface area contributed by atoms with Crippen LogP contribution < -0.4 is 16.0 Å². The van der Waals surface area contributed by atoms with Crippen molar-refractivity contribution >= 4 is 41.4 Å². The number of benzene rings is 1. The summed E-state index contributed by atoms with van der Waals surface area (Å²) in [6, 6.07) is -4.28. The molecule has 6 rings (SSSR count). The number of likely N-dealkylation sites (N-methyl/N-ethyl adjacent to an activating group) is 1. The number of nitrogens with one attached hydrogen (secondary N) is 3. The second-order valence-electron chi connectivity index (χ2n) is 15.7. The summed E-state index contributed by atoms with van der Waals surface area (Å²) in [5, 5.41) is 7.86. The average Bonchev–Trinajstić information content (AvgIpc) is 3.98. The highest BCUT2D eigenvalue weighted by molar-refractivity contribution is 5.98. The number of carbonyl (C=O) groups excluding carboxylic acids is 7. The van der Waals surface area contributed by atoms with Crippen LogP contribution in [-0.2, 0) is 44.7 Å². The Labute approximate surface area is 318 Å². The lowest BCUT2D eigenvalue weighted by atomic mass is 9.88. The van der Waals surface area contributed by atoms with Gasteiger partial charge in [0.05, 0.1) is 0 Å². The van der Waals surface area contributed by atoms with E-state index >= 15 is 0 Å². The molecule has 3 heterocycles. The van der Waals surface area contributed by atoms with Crippen molar-refractivity contribution in [1.29, 1.82) is 0 Å². The van der Waals surface area contributed by atoms with Crippen molar-refractivity contribution < 1.29 is 47.1 Å². The maximum atomic E-state index is 14.3. The van der Waals surface area contributed by atoms with Crippen molar-refractivity contribution in [3.05, 3.63) is 47.5 Å². The van der Waals surface area contributed by atoms with Gasteiger partial charge >= 0.3 is 5.97 Å². The Bertz CT molecular complexity index is 1720. The maximum Gasteiger partial charge on any atom is 0.328 e. The smallest absolute Gasteiger partial charge is 0.328 e. The van der Waals surface area contributed by atoms with Crippen LogP contribution >= 0.6 is 0 Å². The van der Waals surface area contributed by atoms with Crippen molar-refractivity contribution in [2.45, 2.75) is 108 Å². The number of hydrogen-bond acceptors (Lipinski definition) is 8. The van der Waals surface area contributed by atoms with Gasteiger partial charge in [-0.25, -0.2) is 13.6 Å². The van der Waals surface area contributed by atoms with Crippen molar-refractivity contribution in [3.63, 3.8) is 0 Å². The molecular weight excluding hydrogens is 718 g/mol. The van der Waals surface area contributed by atoms with Crippen LogP contribution in [0.25, 0.3) is 0 Å².